The summed E-state index contributed by atoms with van der Waals surface area (Å²) in [5, 5.41) is 15.4. The minimum absolute atomic E-state index is 0.166. The molecule has 11 heteroatoms. The van der Waals surface area contributed by atoms with Gasteiger partial charge in [0.05, 0.1) is 11.6 Å². The molecule has 0 aliphatic heterocycles. The zero-order valence-electron chi connectivity index (χ0n) is 14.8. The number of hydrogen-bond acceptors (Lipinski definition) is 5. The van der Waals surface area contributed by atoms with Gasteiger partial charge in [-0.05, 0) is 37.3 Å². The van der Waals surface area contributed by atoms with Gasteiger partial charge in [-0.1, -0.05) is 17.7 Å². The Morgan fingerprint density at radius 2 is 2.07 bits per heavy atom. The summed E-state index contributed by atoms with van der Waals surface area (Å²) in [5.41, 5.74) is -1.10. The first-order valence-corrected chi connectivity index (χ1v) is 8.53. The molecule has 2 heterocycles. The Morgan fingerprint density at radius 3 is 2.76 bits per heavy atom. The van der Waals surface area contributed by atoms with Gasteiger partial charge in [0.15, 0.2) is 11.6 Å². The number of carbonyl (C=O) groups is 1. The minimum Gasteiger partial charge on any atom is -0.342 e. The highest BCUT2D eigenvalue weighted by molar-refractivity contribution is 6.31. The molecule has 0 radical (unpaired) electrons. The normalized spacial score (nSPS) is 12.3. The highest BCUT2D eigenvalue weighted by atomic mass is 35.5. The number of rotatable bonds is 4. The first-order valence-electron chi connectivity index (χ1n) is 8.15. The van der Waals surface area contributed by atoms with Crippen molar-refractivity contribution in [1.29, 1.82) is 5.26 Å². The van der Waals surface area contributed by atoms with Crippen LogP contribution >= 0.6 is 11.6 Å². The number of pyridine rings is 1. The largest absolute Gasteiger partial charge is 0.416 e. The van der Waals surface area contributed by atoms with Crippen LogP contribution in [0.2, 0.25) is 5.02 Å². The van der Waals surface area contributed by atoms with Gasteiger partial charge < -0.3 is 5.32 Å². The molecule has 1 N–H and O–H groups in total. The van der Waals surface area contributed by atoms with Crippen molar-refractivity contribution in [3.05, 3.63) is 70.4 Å². The Labute approximate surface area is 167 Å². The molecule has 0 aliphatic carbocycles. The average molecular weight is 421 g/mol. The molecule has 1 atom stereocenters. The molecule has 0 saturated heterocycles. The molecule has 0 aliphatic rings. The Hall–Kier alpha value is -3.45. The van der Waals surface area contributed by atoms with Crippen LogP contribution in [0.4, 0.5) is 13.2 Å². The first kappa shape index (κ1) is 20.3. The molecule has 29 heavy (non-hydrogen) atoms. The van der Waals surface area contributed by atoms with Gasteiger partial charge >= 0.3 is 6.18 Å². The smallest absolute Gasteiger partial charge is 0.342 e. The maximum Gasteiger partial charge on any atom is 0.416 e. The van der Waals surface area contributed by atoms with Crippen LogP contribution in [0.25, 0.3) is 5.82 Å². The van der Waals surface area contributed by atoms with Crippen LogP contribution in [0.3, 0.4) is 0 Å². The van der Waals surface area contributed by atoms with E-state index in [4.69, 9.17) is 16.9 Å². The third kappa shape index (κ3) is 4.52. The molecular weight excluding hydrogens is 409 g/mol. The van der Waals surface area contributed by atoms with Crippen LogP contribution in [-0.2, 0) is 6.18 Å². The predicted molar refractivity (Wildman–Crippen MR) is 96.2 cm³/mol. The third-order valence-electron chi connectivity index (χ3n) is 3.86. The molecule has 0 saturated carbocycles. The molecule has 0 bridgehead atoms. The monoisotopic (exact) mass is 420 g/mol. The number of amides is 1. The van der Waals surface area contributed by atoms with Crippen molar-refractivity contribution in [2.24, 2.45) is 0 Å². The average Bonchev–Trinajstić information content (AvgIpc) is 3.17. The fourth-order valence-electron chi connectivity index (χ4n) is 2.55. The summed E-state index contributed by atoms with van der Waals surface area (Å²) in [5.74, 6) is -0.183. The van der Waals surface area contributed by atoms with Crippen LogP contribution in [0.1, 0.15) is 40.4 Å². The van der Waals surface area contributed by atoms with Gasteiger partial charge in [-0.2, -0.15) is 28.2 Å². The predicted octanol–water partition coefficient (Wildman–Crippen LogP) is 3.70. The second kappa shape index (κ2) is 7.89. The van der Waals surface area contributed by atoms with E-state index in [1.165, 1.54) is 17.1 Å². The van der Waals surface area contributed by atoms with Gasteiger partial charge in [-0.3, -0.25) is 4.79 Å². The van der Waals surface area contributed by atoms with E-state index in [0.717, 1.165) is 18.2 Å². The van der Waals surface area contributed by atoms with Gasteiger partial charge in [0.2, 0.25) is 0 Å². The van der Waals surface area contributed by atoms with Crippen LogP contribution in [-0.4, -0.2) is 25.7 Å². The maximum atomic E-state index is 13.0. The van der Waals surface area contributed by atoms with Crippen LogP contribution in [0.15, 0.2) is 42.7 Å². The third-order valence-corrected chi connectivity index (χ3v) is 4.08. The molecule has 2 aromatic heterocycles. The van der Waals surface area contributed by atoms with Gasteiger partial charge in [0.25, 0.3) is 5.91 Å². The second-order valence-electron chi connectivity index (χ2n) is 5.94. The van der Waals surface area contributed by atoms with Crippen molar-refractivity contribution < 1.29 is 18.0 Å². The van der Waals surface area contributed by atoms with Crippen molar-refractivity contribution >= 4 is 17.5 Å². The van der Waals surface area contributed by atoms with Crippen molar-refractivity contribution in [3.8, 4) is 11.9 Å². The molecule has 7 nitrogen and oxygen atoms in total. The number of nitrogens with zero attached hydrogens (tertiary/aromatic N) is 5. The summed E-state index contributed by atoms with van der Waals surface area (Å²) in [6.07, 6.45) is -3.40. The van der Waals surface area contributed by atoms with E-state index in [9.17, 15) is 18.0 Å². The summed E-state index contributed by atoms with van der Waals surface area (Å²) < 4.78 is 40.2. The lowest BCUT2D eigenvalue weighted by molar-refractivity contribution is -0.137. The number of alkyl halides is 3. The molecule has 1 amide bonds. The second-order valence-corrected chi connectivity index (χ2v) is 6.38. The zero-order chi connectivity index (χ0) is 21.2. The van der Waals surface area contributed by atoms with E-state index < -0.39 is 23.7 Å². The number of nitrogens with one attached hydrogen (secondary N) is 1. The molecule has 3 rings (SSSR count). The summed E-state index contributed by atoms with van der Waals surface area (Å²) in [6, 6.07) is 8.50. The van der Waals surface area contributed by atoms with E-state index in [-0.39, 0.29) is 22.1 Å². The Morgan fingerprint density at radius 1 is 1.31 bits per heavy atom. The van der Waals surface area contributed by atoms with Crippen molar-refractivity contribution in [1.82, 2.24) is 25.1 Å². The quantitative estimate of drug-likeness (QED) is 0.694. The van der Waals surface area contributed by atoms with Crippen molar-refractivity contribution in [2.75, 3.05) is 0 Å². The summed E-state index contributed by atoms with van der Waals surface area (Å²) >= 11 is 5.73. The minimum atomic E-state index is -4.64. The van der Waals surface area contributed by atoms with E-state index >= 15 is 0 Å². The summed E-state index contributed by atoms with van der Waals surface area (Å²) in [6.45, 7) is 1.59. The van der Waals surface area contributed by atoms with Gasteiger partial charge in [0, 0.05) is 10.6 Å². The van der Waals surface area contributed by atoms with Crippen LogP contribution in [0, 0.1) is 11.3 Å². The van der Waals surface area contributed by atoms with Crippen molar-refractivity contribution in [2.45, 2.75) is 19.1 Å². The zero-order valence-corrected chi connectivity index (χ0v) is 15.5. The van der Waals surface area contributed by atoms with E-state index in [1.54, 1.807) is 19.1 Å². The number of carbonyl (C=O) groups excluding carboxylic acids is 1. The lowest BCUT2D eigenvalue weighted by Gasteiger charge is -2.15. The molecule has 0 spiro atoms. The SMILES string of the molecule is CC(NC(=O)c1cc(Cl)cc(C(F)(F)F)c1)c1ncnn1-c1cccc(C#N)n1. The fourth-order valence-corrected chi connectivity index (χ4v) is 2.79. The number of nitriles is 1. The highest BCUT2D eigenvalue weighted by Crippen LogP contribution is 2.32. The molecule has 148 valence electrons. The maximum absolute atomic E-state index is 13.0. The molecular formula is C18H12ClF3N6O. The van der Waals surface area contributed by atoms with Gasteiger partial charge in [-0.25, -0.2) is 9.97 Å². The van der Waals surface area contributed by atoms with Crippen LogP contribution in [0.5, 0.6) is 0 Å². The molecule has 0 fully saturated rings. The fraction of sp³-hybridized carbons (Fsp3) is 0.167. The lowest BCUT2D eigenvalue weighted by Crippen LogP contribution is -2.29. The topological polar surface area (TPSA) is 96.5 Å². The number of hydrogen-bond donors (Lipinski definition) is 1. The summed E-state index contributed by atoms with van der Waals surface area (Å²) in [7, 11) is 0. The van der Waals surface area contributed by atoms with E-state index in [1.807, 2.05) is 6.07 Å². The number of aromatic nitrogens is 4. The Kier molecular flexibility index (Phi) is 5.52. The van der Waals surface area contributed by atoms with Gasteiger partial charge in [-0.15, -0.1) is 0 Å². The van der Waals surface area contributed by atoms with E-state index in [2.05, 4.69) is 20.4 Å². The van der Waals surface area contributed by atoms with Crippen molar-refractivity contribution in [3.63, 3.8) is 0 Å². The number of benzene rings is 1. The highest BCUT2D eigenvalue weighted by Gasteiger charge is 2.32. The molecule has 1 aromatic carbocycles. The molecule has 3 aromatic rings. The standard InChI is InChI=1S/C18H12ClF3N6O/c1-10(16-24-9-25-28(16)15-4-2-3-14(8-23)27-15)26-17(29)11-5-12(18(20,21)22)7-13(19)6-11/h2-7,9-10H,1H3,(H,26,29). The van der Waals surface area contributed by atoms with Gasteiger partial charge in [0.1, 0.15) is 18.1 Å². The lowest BCUT2D eigenvalue weighted by atomic mass is 10.1. The van der Waals surface area contributed by atoms with Crippen LogP contribution < -0.4 is 5.32 Å². The molecule has 1 unspecified atom stereocenters. The number of halogens is 4. The Balaban J connectivity index is 1.86. The summed E-state index contributed by atoms with van der Waals surface area (Å²) in [4.78, 5) is 20.7. The Bertz CT molecular complexity index is 1110. The van der Waals surface area contributed by atoms with E-state index in [0.29, 0.717) is 5.82 Å². The first-order chi connectivity index (χ1) is 13.7.